The summed E-state index contributed by atoms with van der Waals surface area (Å²) in [7, 11) is 1.93. The van der Waals surface area contributed by atoms with E-state index in [0.29, 0.717) is 29.4 Å². The van der Waals surface area contributed by atoms with E-state index in [0.717, 1.165) is 30.5 Å². The number of halogens is 4. The molecule has 0 amide bonds. The first-order valence-corrected chi connectivity index (χ1v) is 11.1. The van der Waals surface area contributed by atoms with E-state index in [1.807, 2.05) is 24.1 Å². The number of fused-ring (bicyclic) bond motifs is 1. The van der Waals surface area contributed by atoms with E-state index in [4.69, 9.17) is 0 Å². The summed E-state index contributed by atoms with van der Waals surface area (Å²) in [5, 5.41) is 4.55. The number of aromatic nitrogens is 1. The molecule has 30 heavy (non-hydrogen) atoms. The molecule has 1 saturated carbocycles. The molecule has 0 unspecified atom stereocenters. The van der Waals surface area contributed by atoms with E-state index >= 15 is 0 Å². The second kappa shape index (κ2) is 9.56. The van der Waals surface area contributed by atoms with Crippen LogP contribution < -0.4 is 5.32 Å². The fourth-order valence-corrected chi connectivity index (χ4v) is 4.08. The number of nitrogens with zero attached hydrogens (tertiary/aromatic N) is 2. The molecule has 3 rings (SSSR count). The largest absolute Gasteiger partial charge is 0.417 e. The van der Waals surface area contributed by atoms with Gasteiger partial charge in [-0.1, -0.05) is 25.6 Å². The second-order valence-corrected chi connectivity index (χ2v) is 8.78. The molecule has 8 heteroatoms. The highest BCUT2D eigenvalue weighted by Gasteiger charge is 2.38. The first kappa shape index (κ1) is 22.9. The van der Waals surface area contributed by atoms with E-state index in [-0.39, 0.29) is 11.6 Å². The van der Waals surface area contributed by atoms with Gasteiger partial charge in [0.05, 0.1) is 11.3 Å². The molecule has 2 aromatic rings. The van der Waals surface area contributed by atoms with E-state index in [9.17, 15) is 17.6 Å². The summed E-state index contributed by atoms with van der Waals surface area (Å²) in [5.74, 6) is 1.26. The van der Waals surface area contributed by atoms with Gasteiger partial charge in [0.25, 0.3) is 0 Å². The third kappa shape index (κ3) is 5.46. The summed E-state index contributed by atoms with van der Waals surface area (Å²) in [6.45, 7) is 6.84. The molecule has 1 heterocycles. The lowest BCUT2D eigenvalue weighted by molar-refractivity contribution is -0.0688. The van der Waals surface area contributed by atoms with Gasteiger partial charge in [0.15, 0.2) is 0 Å². The highest BCUT2D eigenvalue weighted by Crippen LogP contribution is 2.48. The quantitative estimate of drug-likeness (QED) is 0.267. The fourth-order valence-electron chi connectivity index (χ4n) is 3.57. The average Bonchev–Trinajstić information content (AvgIpc) is 3.44. The van der Waals surface area contributed by atoms with Crippen LogP contribution in [-0.4, -0.2) is 48.1 Å². The minimum absolute atomic E-state index is 0.0827. The van der Waals surface area contributed by atoms with Crippen LogP contribution in [0.1, 0.15) is 37.1 Å². The zero-order valence-electron chi connectivity index (χ0n) is 17.2. The summed E-state index contributed by atoms with van der Waals surface area (Å²) < 4.78 is 52.5. The molecule has 1 aliphatic rings. The minimum Gasteiger partial charge on any atom is -0.384 e. The Hall–Kier alpha value is -1.80. The Balaban J connectivity index is 1.84. The number of benzene rings is 1. The van der Waals surface area contributed by atoms with Crippen LogP contribution >= 0.6 is 11.8 Å². The topological polar surface area (TPSA) is 28.2 Å². The summed E-state index contributed by atoms with van der Waals surface area (Å²) in [6, 6.07) is 6.80. The number of anilines is 1. The lowest BCUT2D eigenvalue weighted by Crippen LogP contribution is -2.21. The molecule has 164 valence electrons. The van der Waals surface area contributed by atoms with Gasteiger partial charge in [0.2, 0.25) is 0 Å². The SMILES string of the molecule is C=C(c1nc([C@H]2C[C@@H]2C)cc2c(NCCCN(C)CSCF)cccc12)C(F)(F)F. The number of rotatable bonds is 10. The Morgan fingerprint density at radius 1 is 1.33 bits per heavy atom. The molecule has 0 saturated heterocycles. The van der Waals surface area contributed by atoms with Gasteiger partial charge in [-0.25, -0.2) is 4.39 Å². The van der Waals surface area contributed by atoms with Crippen molar-refractivity contribution in [3.8, 4) is 0 Å². The number of hydrogen-bond acceptors (Lipinski definition) is 4. The van der Waals surface area contributed by atoms with Gasteiger partial charge in [-0.15, -0.1) is 11.8 Å². The zero-order valence-corrected chi connectivity index (χ0v) is 18.0. The number of pyridine rings is 1. The number of alkyl halides is 4. The first-order valence-electron chi connectivity index (χ1n) is 9.98. The molecule has 1 aliphatic carbocycles. The maximum atomic E-state index is 13.4. The Morgan fingerprint density at radius 2 is 2.07 bits per heavy atom. The average molecular weight is 442 g/mol. The van der Waals surface area contributed by atoms with Crippen LogP contribution in [0, 0.1) is 5.92 Å². The van der Waals surface area contributed by atoms with Crippen LogP contribution in [0.25, 0.3) is 16.3 Å². The summed E-state index contributed by atoms with van der Waals surface area (Å²) >= 11 is 1.22. The van der Waals surface area contributed by atoms with Crippen molar-refractivity contribution in [3.63, 3.8) is 0 Å². The van der Waals surface area contributed by atoms with Crippen molar-refractivity contribution in [1.82, 2.24) is 9.88 Å². The van der Waals surface area contributed by atoms with Crippen molar-refractivity contribution in [2.24, 2.45) is 5.92 Å². The highest BCUT2D eigenvalue weighted by molar-refractivity contribution is 7.99. The fraction of sp³-hybridized carbons (Fsp3) is 0.500. The van der Waals surface area contributed by atoms with Crippen molar-refractivity contribution < 1.29 is 17.6 Å². The number of thioether (sulfide) groups is 1. The van der Waals surface area contributed by atoms with Crippen molar-refractivity contribution in [2.45, 2.75) is 31.9 Å². The lowest BCUT2D eigenvalue weighted by Gasteiger charge is -2.18. The van der Waals surface area contributed by atoms with Crippen LogP contribution in [0.3, 0.4) is 0 Å². The molecule has 3 nitrogen and oxygen atoms in total. The van der Waals surface area contributed by atoms with Gasteiger partial charge in [0, 0.05) is 47.0 Å². The molecule has 0 aliphatic heterocycles. The van der Waals surface area contributed by atoms with Crippen LogP contribution in [-0.2, 0) is 0 Å². The first-order chi connectivity index (χ1) is 14.2. The smallest absolute Gasteiger partial charge is 0.384 e. The lowest BCUT2D eigenvalue weighted by atomic mass is 10.0. The van der Waals surface area contributed by atoms with Crippen LogP contribution in [0.4, 0.5) is 23.2 Å². The summed E-state index contributed by atoms with van der Waals surface area (Å²) in [5.41, 5.74) is 0.501. The summed E-state index contributed by atoms with van der Waals surface area (Å²) in [6.07, 6.45) is -2.76. The maximum Gasteiger partial charge on any atom is 0.417 e. The predicted molar refractivity (Wildman–Crippen MR) is 118 cm³/mol. The normalized spacial score (nSPS) is 18.8. The van der Waals surface area contributed by atoms with Gasteiger partial charge in [0.1, 0.15) is 6.01 Å². The van der Waals surface area contributed by atoms with E-state index in [1.54, 1.807) is 12.1 Å². The molecule has 0 bridgehead atoms. The number of allylic oxidation sites excluding steroid dienone is 1. The second-order valence-electron chi connectivity index (χ2n) is 7.89. The third-order valence-electron chi connectivity index (χ3n) is 5.43. The van der Waals surface area contributed by atoms with Gasteiger partial charge in [-0.2, -0.15) is 13.2 Å². The van der Waals surface area contributed by atoms with Gasteiger partial charge in [-0.3, -0.25) is 9.88 Å². The Kier molecular flexibility index (Phi) is 7.29. The molecular weight excluding hydrogens is 414 g/mol. The Labute approximate surface area is 178 Å². The van der Waals surface area contributed by atoms with Crippen molar-refractivity contribution in [1.29, 1.82) is 0 Å². The minimum atomic E-state index is -4.53. The molecule has 2 atom stereocenters. The van der Waals surface area contributed by atoms with E-state index in [1.165, 1.54) is 11.8 Å². The van der Waals surface area contributed by atoms with Gasteiger partial charge < -0.3 is 5.32 Å². The van der Waals surface area contributed by atoms with Crippen molar-refractivity contribution in [3.05, 3.63) is 42.2 Å². The number of nitrogens with one attached hydrogen (secondary N) is 1. The van der Waals surface area contributed by atoms with Crippen molar-refractivity contribution >= 4 is 33.8 Å². The Bertz CT molecular complexity index is 900. The maximum absolute atomic E-state index is 13.4. The zero-order chi connectivity index (χ0) is 21.9. The van der Waals surface area contributed by atoms with Crippen LogP contribution in [0.5, 0.6) is 0 Å². The molecule has 0 spiro atoms. The highest BCUT2D eigenvalue weighted by atomic mass is 32.2. The van der Waals surface area contributed by atoms with Crippen LogP contribution in [0.15, 0.2) is 30.8 Å². The predicted octanol–water partition coefficient (Wildman–Crippen LogP) is 6.29. The van der Waals surface area contributed by atoms with E-state index in [2.05, 4.69) is 23.8 Å². The molecule has 0 radical (unpaired) electrons. The van der Waals surface area contributed by atoms with Gasteiger partial charge >= 0.3 is 6.18 Å². The molecule has 1 fully saturated rings. The molecule has 1 aromatic carbocycles. The van der Waals surface area contributed by atoms with E-state index < -0.39 is 17.8 Å². The van der Waals surface area contributed by atoms with Crippen LogP contribution in [0.2, 0.25) is 0 Å². The Morgan fingerprint density at radius 3 is 2.70 bits per heavy atom. The molecule has 1 aromatic heterocycles. The monoisotopic (exact) mass is 441 g/mol. The van der Waals surface area contributed by atoms with Crippen molar-refractivity contribution in [2.75, 3.05) is 37.3 Å². The molecular formula is C22H27F4N3S. The van der Waals surface area contributed by atoms with Gasteiger partial charge in [-0.05, 0) is 37.9 Å². The number of hydrogen-bond donors (Lipinski definition) is 1. The standard InChI is InChI=1S/C22H27F4N3S/c1-14-10-17(14)20-11-18-16(21(28-20)15(2)22(24,25)26)6-4-7-19(18)27-8-5-9-29(3)13-30-12-23/h4,6-7,11,14,17,27H,2,5,8-10,12-13H2,1,3H3/t14-,17-/m0/s1. The summed E-state index contributed by atoms with van der Waals surface area (Å²) in [4.78, 5) is 6.42. The third-order valence-corrected chi connectivity index (χ3v) is 6.21. The molecule has 1 N–H and O–H groups in total.